The highest BCUT2D eigenvalue weighted by atomic mass is 16.5. The smallest absolute Gasteiger partial charge is 0.288 e. The van der Waals surface area contributed by atoms with Gasteiger partial charge in [0.05, 0.1) is 5.41 Å². The lowest BCUT2D eigenvalue weighted by Crippen LogP contribution is -2.32. The highest BCUT2D eigenvalue weighted by Crippen LogP contribution is 2.38. The molecule has 0 bridgehead atoms. The monoisotopic (exact) mass is 233 g/mol. The first-order chi connectivity index (χ1) is 7.98. The summed E-state index contributed by atoms with van der Waals surface area (Å²) in [6.07, 6.45) is 0. The maximum absolute atomic E-state index is 11.3. The van der Waals surface area contributed by atoms with Gasteiger partial charge in [0.15, 0.2) is 5.71 Å². The van der Waals surface area contributed by atoms with Crippen molar-refractivity contribution in [3.05, 3.63) is 29.8 Å². The Bertz CT molecular complexity index is 504. The highest BCUT2D eigenvalue weighted by Gasteiger charge is 2.43. The molecular weight excluding hydrogens is 216 g/mol. The molecule has 1 aromatic rings. The van der Waals surface area contributed by atoms with Crippen molar-refractivity contribution in [1.29, 1.82) is 0 Å². The summed E-state index contributed by atoms with van der Waals surface area (Å²) in [6, 6.07) is 8.04. The molecule has 0 aromatic heterocycles. The number of hydroxylamine groups is 1. The lowest BCUT2D eigenvalue weighted by atomic mass is 9.82. The topological polar surface area (TPSA) is 52.3 Å². The second kappa shape index (κ2) is 3.96. The van der Waals surface area contributed by atoms with Crippen LogP contribution in [0.15, 0.2) is 24.3 Å². The van der Waals surface area contributed by atoms with Gasteiger partial charge in [-0.05, 0) is 13.8 Å². The van der Waals surface area contributed by atoms with Crippen LogP contribution in [0.4, 0.5) is 5.69 Å². The number of fused-ring (bicyclic) bond motifs is 1. The zero-order chi connectivity index (χ0) is 12.6. The van der Waals surface area contributed by atoms with Crippen molar-refractivity contribution in [2.24, 2.45) is 0 Å². The van der Waals surface area contributed by atoms with Gasteiger partial charge in [-0.15, -0.1) is 0 Å². The molecule has 0 spiro atoms. The normalized spacial score (nSPS) is 16.9. The molecule has 1 amide bonds. The van der Waals surface area contributed by atoms with Crippen molar-refractivity contribution in [3.8, 4) is 0 Å². The molecule has 0 saturated carbocycles. The Hall–Kier alpha value is -1.68. The third-order valence-electron chi connectivity index (χ3n) is 3.60. The molecule has 0 saturated heterocycles. The average Bonchev–Trinajstić information content (AvgIpc) is 2.51. The summed E-state index contributed by atoms with van der Waals surface area (Å²) in [4.78, 5) is 11.3. The van der Waals surface area contributed by atoms with Gasteiger partial charge in [0, 0.05) is 18.6 Å². The van der Waals surface area contributed by atoms with Crippen molar-refractivity contribution in [2.75, 3.05) is 6.54 Å². The number of benzene rings is 1. The Morgan fingerprint density at radius 3 is 2.71 bits per heavy atom. The molecular formula is C13H17N2O2+. The van der Waals surface area contributed by atoms with E-state index < -0.39 is 5.91 Å². The molecule has 2 N–H and O–H groups in total. The summed E-state index contributed by atoms with van der Waals surface area (Å²) in [7, 11) is 0. The molecule has 0 unspecified atom stereocenters. The number of nitrogens with one attached hydrogen (secondary N) is 1. The van der Waals surface area contributed by atoms with Crippen molar-refractivity contribution < 1.29 is 14.6 Å². The van der Waals surface area contributed by atoms with E-state index in [4.69, 9.17) is 5.21 Å². The maximum atomic E-state index is 11.3. The van der Waals surface area contributed by atoms with E-state index in [9.17, 15) is 4.79 Å². The Balaban J connectivity index is 2.51. The van der Waals surface area contributed by atoms with Gasteiger partial charge in [-0.2, -0.15) is 4.58 Å². The molecule has 4 heteroatoms. The second-order valence-corrected chi connectivity index (χ2v) is 4.85. The van der Waals surface area contributed by atoms with Gasteiger partial charge in [-0.25, -0.2) is 5.48 Å². The van der Waals surface area contributed by atoms with E-state index in [2.05, 4.69) is 19.9 Å². The molecule has 1 aliphatic heterocycles. The fraction of sp³-hybridized carbons (Fsp3) is 0.385. The van der Waals surface area contributed by atoms with E-state index in [0.29, 0.717) is 0 Å². The minimum atomic E-state index is -0.406. The zero-order valence-electron chi connectivity index (χ0n) is 10.3. The van der Waals surface area contributed by atoms with Crippen molar-refractivity contribution >= 4 is 17.3 Å². The molecule has 1 aliphatic rings. The van der Waals surface area contributed by atoms with Crippen LogP contribution >= 0.6 is 0 Å². The number of hydrogen-bond donors (Lipinski definition) is 2. The number of rotatable bonds is 2. The zero-order valence-corrected chi connectivity index (χ0v) is 10.3. The lowest BCUT2D eigenvalue weighted by Gasteiger charge is -2.14. The fourth-order valence-electron chi connectivity index (χ4n) is 2.33. The number of hydrogen-bond acceptors (Lipinski definition) is 2. The van der Waals surface area contributed by atoms with Crippen LogP contribution < -0.4 is 5.48 Å². The quantitative estimate of drug-likeness (QED) is 0.463. The predicted molar refractivity (Wildman–Crippen MR) is 64.9 cm³/mol. The molecule has 0 radical (unpaired) electrons. The van der Waals surface area contributed by atoms with Crippen LogP contribution in [0.5, 0.6) is 0 Å². The standard InChI is InChI=1S/C13H16N2O2/c1-9-13(2,3)10-6-4-5-7-11(10)15(9)8-12(16)14-17/h4-7H,8H2,1-3H3,(H-,14,16,17)/p+1. The van der Waals surface area contributed by atoms with Crippen LogP contribution in [0.1, 0.15) is 26.3 Å². The van der Waals surface area contributed by atoms with Crippen molar-refractivity contribution in [3.63, 3.8) is 0 Å². The van der Waals surface area contributed by atoms with Crippen LogP contribution in [0.3, 0.4) is 0 Å². The van der Waals surface area contributed by atoms with Crippen LogP contribution in [0, 0.1) is 0 Å². The predicted octanol–water partition coefficient (Wildman–Crippen LogP) is 1.59. The van der Waals surface area contributed by atoms with Gasteiger partial charge in [0.1, 0.15) is 0 Å². The first kappa shape index (κ1) is 11.8. The molecule has 4 nitrogen and oxygen atoms in total. The molecule has 2 rings (SSSR count). The number of para-hydroxylation sites is 1. The molecule has 0 aliphatic carbocycles. The summed E-state index contributed by atoms with van der Waals surface area (Å²) < 4.78 is 1.95. The Labute approximate surface area is 101 Å². The summed E-state index contributed by atoms with van der Waals surface area (Å²) in [5, 5.41) is 8.62. The van der Waals surface area contributed by atoms with Gasteiger partial charge in [0.2, 0.25) is 12.2 Å². The number of carbonyl (C=O) groups is 1. The second-order valence-electron chi connectivity index (χ2n) is 4.85. The third kappa shape index (κ3) is 1.74. The minimum Gasteiger partial charge on any atom is -0.288 e. The van der Waals surface area contributed by atoms with Gasteiger partial charge >= 0.3 is 5.91 Å². The van der Waals surface area contributed by atoms with E-state index >= 15 is 0 Å². The first-order valence-electron chi connectivity index (χ1n) is 5.62. The minimum absolute atomic E-state index is 0.0771. The maximum Gasteiger partial charge on any atom is 0.309 e. The molecule has 1 aromatic carbocycles. The summed E-state index contributed by atoms with van der Waals surface area (Å²) in [5.74, 6) is -0.406. The van der Waals surface area contributed by atoms with Crippen LogP contribution in [0.2, 0.25) is 0 Å². The van der Waals surface area contributed by atoms with Gasteiger partial charge in [0.25, 0.3) is 0 Å². The Kier molecular flexibility index (Phi) is 2.75. The molecule has 0 atom stereocenters. The van der Waals surface area contributed by atoms with Crippen LogP contribution in [0.25, 0.3) is 0 Å². The van der Waals surface area contributed by atoms with E-state index in [0.717, 1.165) is 11.4 Å². The SMILES string of the molecule is CC1=[N+](CC(=O)NO)c2ccccc2C1(C)C. The van der Waals surface area contributed by atoms with Crippen LogP contribution in [-0.2, 0) is 10.2 Å². The van der Waals surface area contributed by atoms with E-state index in [1.54, 1.807) is 5.48 Å². The highest BCUT2D eigenvalue weighted by molar-refractivity contribution is 5.94. The van der Waals surface area contributed by atoms with Gasteiger partial charge < -0.3 is 0 Å². The van der Waals surface area contributed by atoms with Gasteiger partial charge in [-0.1, -0.05) is 18.2 Å². The third-order valence-corrected chi connectivity index (χ3v) is 3.60. The summed E-state index contributed by atoms with van der Waals surface area (Å²) in [6.45, 7) is 6.43. The molecule has 1 heterocycles. The van der Waals surface area contributed by atoms with E-state index in [1.807, 2.05) is 29.7 Å². The average molecular weight is 233 g/mol. The first-order valence-corrected chi connectivity index (χ1v) is 5.62. The Morgan fingerprint density at radius 2 is 2.06 bits per heavy atom. The summed E-state index contributed by atoms with van der Waals surface area (Å²) >= 11 is 0. The molecule has 0 fully saturated rings. The van der Waals surface area contributed by atoms with Crippen molar-refractivity contribution in [1.82, 2.24) is 5.48 Å². The number of nitrogens with zero attached hydrogens (tertiary/aromatic N) is 1. The number of amides is 1. The molecule has 17 heavy (non-hydrogen) atoms. The van der Waals surface area contributed by atoms with E-state index in [1.165, 1.54) is 5.56 Å². The van der Waals surface area contributed by atoms with Gasteiger partial charge in [-0.3, -0.25) is 10.0 Å². The number of carbonyl (C=O) groups excluding carboxylic acids is 1. The summed E-state index contributed by atoms with van der Waals surface area (Å²) in [5.41, 5.74) is 4.96. The largest absolute Gasteiger partial charge is 0.309 e. The lowest BCUT2D eigenvalue weighted by molar-refractivity contribution is -0.427. The van der Waals surface area contributed by atoms with E-state index in [-0.39, 0.29) is 12.0 Å². The Morgan fingerprint density at radius 1 is 1.41 bits per heavy atom. The molecule has 90 valence electrons. The fourth-order valence-corrected chi connectivity index (χ4v) is 2.33. The van der Waals surface area contributed by atoms with Crippen molar-refractivity contribution in [2.45, 2.75) is 26.2 Å². The van der Waals surface area contributed by atoms with Crippen LogP contribution in [-0.4, -0.2) is 27.9 Å².